The van der Waals surface area contributed by atoms with Crippen LogP contribution in [-0.2, 0) is 16.0 Å². The molecule has 1 aliphatic rings. The molecule has 0 radical (unpaired) electrons. The second-order valence-electron chi connectivity index (χ2n) is 6.74. The fourth-order valence-electron chi connectivity index (χ4n) is 3.57. The molecule has 6 nitrogen and oxygen atoms in total. The molecule has 30 heavy (non-hydrogen) atoms. The van der Waals surface area contributed by atoms with Gasteiger partial charge in [-0.15, -0.1) is 12.4 Å². The molecule has 0 bridgehead atoms. The summed E-state index contributed by atoms with van der Waals surface area (Å²) in [6, 6.07) is 12.4. The van der Waals surface area contributed by atoms with E-state index in [9.17, 15) is 14.7 Å². The lowest BCUT2D eigenvalue weighted by Crippen LogP contribution is -2.54. The van der Waals surface area contributed by atoms with Crippen molar-refractivity contribution >= 4 is 53.2 Å². The van der Waals surface area contributed by atoms with E-state index >= 15 is 0 Å². The van der Waals surface area contributed by atoms with Crippen molar-refractivity contribution in [3.05, 3.63) is 63.1 Å². The average Bonchev–Trinajstić information content (AvgIpc) is 2.66. The molecule has 0 aromatic heterocycles. The highest BCUT2D eigenvalue weighted by Gasteiger charge is 2.39. The molecule has 2 aromatic rings. The van der Waals surface area contributed by atoms with Gasteiger partial charge in [0.25, 0.3) is 0 Å². The van der Waals surface area contributed by atoms with Crippen molar-refractivity contribution in [3.8, 4) is 12.0 Å². The number of benzene rings is 2. The Kier molecular flexibility index (Phi) is 7.85. The van der Waals surface area contributed by atoms with Gasteiger partial charge < -0.3 is 10.8 Å². The molecule has 3 rings (SSSR count). The maximum absolute atomic E-state index is 12.0. The summed E-state index contributed by atoms with van der Waals surface area (Å²) in [6.45, 7) is 1.32. The first-order valence-electron chi connectivity index (χ1n) is 8.87. The van der Waals surface area contributed by atoms with Crippen molar-refractivity contribution in [2.75, 3.05) is 5.01 Å². The van der Waals surface area contributed by atoms with Crippen LogP contribution < -0.4 is 16.2 Å². The van der Waals surface area contributed by atoms with E-state index in [1.165, 1.54) is 11.9 Å². The van der Waals surface area contributed by atoms with Crippen LogP contribution in [0.5, 0.6) is 0 Å². The number of fused-ring (bicyclic) bond motifs is 1. The number of hydrazine groups is 1. The molecule has 4 N–H and O–H groups in total. The Labute approximate surface area is 190 Å². The molecule has 1 amide bonds. The number of rotatable bonds is 4. The van der Waals surface area contributed by atoms with E-state index in [4.69, 9.17) is 28.9 Å². The van der Waals surface area contributed by atoms with Gasteiger partial charge in [-0.25, -0.2) is 4.79 Å². The van der Waals surface area contributed by atoms with Gasteiger partial charge in [0, 0.05) is 40.9 Å². The second kappa shape index (κ2) is 9.94. The number of hydrogen-bond acceptors (Lipinski definition) is 4. The minimum Gasteiger partial charge on any atom is -0.480 e. The Morgan fingerprint density at radius 2 is 1.93 bits per heavy atom. The third-order valence-electron chi connectivity index (χ3n) is 4.79. The fourth-order valence-corrected chi connectivity index (χ4v) is 4.19. The predicted octanol–water partition coefficient (Wildman–Crippen LogP) is 3.72. The number of carboxylic acid groups (broad SMARTS) is 1. The number of nitrogens with two attached hydrogens (primary N) is 1. The summed E-state index contributed by atoms with van der Waals surface area (Å²) in [4.78, 5) is 23.7. The second-order valence-corrected chi connectivity index (χ2v) is 7.58. The number of carboxylic acids is 1. The summed E-state index contributed by atoms with van der Waals surface area (Å²) in [6.07, 6.45) is 0.758. The Morgan fingerprint density at radius 1 is 1.27 bits per heavy atom. The molecule has 0 saturated heterocycles. The van der Waals surface area contributed by atoms with Crippen LogP contribution in [0.4, 0.5) is 5.69 Å². The van der Waals surface area contributed by atoms with Crippen LogP contribution >= 0.6 is 35.6 Å². The molecule has 1 aliphatic heterocycles. The SMILES string of the molecule is CC(=O)NN1c2cc(Cl)cc(Cl)c2[C@@H](c2ccc(CC#CN)cc2)C[C@@H]1C(=O)O.Cl. The summed E-state index contributed by atoms with van der Waals surface area (Å²) in [7, 11) is 0. The number of halogens is 3. The highest BCUT2D eigenvalue weighted by molar-refractivity contribution is 6.35. The maximum Gasteiger partial charge on any atom is 0.328 e. The first-order chi connectivity index (χ1) is 13.8. The highest BCUT2D eigenvalue weighted by atomic mass is 35.5. The van der Waals surface area contributed by atoms with Gasteiger partial charge in [-0.3, -0.25) is 15.2 Å². The van der Waals surface area contributed by atoms with E-state index < -0.39 is 12.0 Å². The zero-order valence-corrected chi connectivity index (χ0v) is 18.3. The molecule has 9 heteroatoms. The van der Waals surface area contributed by atoms with Gasteiger partial charge in [0.1, 0.15) is 6.04 Å². The van der Waals surface area contributed by atoms with Crippen LogP contribution in [0.15, 0.2) is 36.4 Å². The molecule has 0 aliphatic carbocycles. The largest absolute Gasteiger partial charge is 0.480 e. The van der Waals surface area contributed by atoms with Crippen LogP contribution in [-0.4, -0.2) is 23.0 Å². The summed E-state index contributed by atoms with van der Waals surface area (Å²) in [5.74, 6) is 1.08. The number of aliphatic carboxylic acids is 1. The molecule has 0 spiro atoms. The normalized spacial score (nSPS) is 17.1. The fraction of sp³-hybridized carbons (Fsp3) is 0.238. The van der Waals surface area contributed by atoms with Crippen LogP contribution in [0.3, 0.4) is 0 Å². The molecule has 0 saturated carbocycles. The number of nitrogens with one attached hydrogen (secondary N) is 1. The molecule has 0 unspecified atom stereocenters. The number of carbonyl (C=O) groups is 2. The van der Waals surface area contributed by atoms with Crippen molar-refractivity contribution < 1.29 is 14.7 Å². The summed E-state index contributed by atoms with van der Waals surface area (Å²) in [5, 5.41) is 11.9. The number of amides is 1. The van der Waals surface area contributed by atoms with E-state index in [-0.39, 0.29) is 30.7 Å². The molecule has 158 valence electrons. The quantitative estimate of drug-likeness (QED) is 0.469. The highest BCUT2D eigenvalue weighted by Crippen LogP contribution is 2.46. The monoisotopic (exact) mass is 467 g/mol. The molecule has 0 fully saturated rings. The lowest BCUT2D eigenvalue weighted by atomic mass is 9.81. The van der Waals surface area contributed by atoms with Crippen molar-refractivity contribution in [1.29, 1.82) is 0 Å². The molecule has 1 heterocycles. The molecular formula is C21H20Cl3N3O3. The average molecular weight is 469 g/mol. The van der Waals surface area contributed by atoms with Crippen molar-refractivity contribution in [2.45, 2.75) is 31.7 Å². The van der Waals surface area contributed by atoms with Gasteiger partial charge >= 0.3 is 5.97 Å². The van der Waals surface area contributed by atoms with E-state index in [1.54, 1.807) is 12.1 Å². The zero-order valence-electron chi connectivity index (χ0n) is 16.0. The van der Waals surface area contributed by atoms with E-state index in [0.29, 0.717) is 22.2 Å². The standard InChI is InChI=1S/C21H19Cl2N3O3.ClH/c1-12(27)25-26-18-10-15(22)9-17(23)20(18)16(11-19(26)21(28)29)14-6-4-13(5-7-14)3-2-8-24;/h4-7,9-10,16,19H,3,11,24H2,1H3,(H,25,27)(H,28,29);1H/t16-,19-;/m1./s1. The van der Waals surface area contributed by atoms with Gasteiger partial charge in [-0.2, -0.15) is 0 Å². The third-order valence-corrected chi connectivity index (χ3v) is 5.32. The van der Waals surface area contributed by atoms with E-state index in [0.717, 1.165) is 16.7 Å². The van der Waals surface area contributed by atoms with Gasteiger partial charge in [0.2, 0.25) is 5.91 Å². The van der Waals surface area contributed by atoms with Crippen molar-refractivity contribution in [3.63, 3.8) is 0 Å². The first-order valence-corrected chi connectivity index (χ1v) is 9.63. The Bertz CT molecular complexity index is 1020. The minimum atomic E-state index is -1.06. The Hall–Kier alpha value is -2.59. The zero-order chi connectivity index (χ0) is 21.1. The van der Waals surface area contributed by atoms with Crippen molar-refractivity contribution in [2.24, 2.45) is 5.73 Å². The van der Waals surface area contributed by atoms with Gasteiger partial charge in [0.05, 0.1) is 5.69 Å². The van der Waals surface area contributed by atoms with E-state index in [1.807, 2.05) is 24.3 Å². The minimum absolute atomic E-state index is 0. The number of carbonyl (C=O) groups excluding carboxylic acids is 1. The van der Waals surface area contributed by atoms with Crippen LogP contribution in [0.25, 0.3) is 0 Å². The third kappa shape index (κ3) is 4.93. The number of nitrogens with zero attached hydrogens (tertiary/aromatic N) is 1. The predicted molar refractivity (Wildman–Crippen MR) is 120 cm³/mol. The number of hydrogen-bond donors (Lipinski definition) is 3. The summed E-state index contributed by atoms with van der Waals surface area (Å²) < 4.78 is 0. The van der Waals surface area contributed by atoms with Crippen molar-refractivity contribution in [1.82, 2.24) is 5.43 Å². The topological polar surface area (TPSA) is 95.7 Å². The molecule has 2 aromatic carbocycles. The smallest absolute Gasteiger partial charge is 0.328 e. The van der Waals surface area contributed by atoms with Crippen LogP contribution in [0, 0.1) is 12.0 Å². The Balaban J connectivity index is 0.00000320. The van der Waals surface area contributed by atoms with Gasteiger partial charge in [-0.1, -0.05) is 53.4 Å². The lowest BCUT2D eigenvalue weighted by molar-refractivity contribution is -0.139. The Morgan fingerprint density at radius 3 is 2.50 bits per heavy atom. The van der Waals surface area contributed by atoms with E-state index in [2.05, 4.69) is 17.4 Å². The molecule has 2 atom stereocenters. The lowest BCUT2D eigenvalue weighted by Gasteiger charge is -2.40. The summed E-state index contributed by atoms with van der Waals surface area (Å²) >= 11 is 12.7. The maximum atomic E-state index is 12.0. The van der Waals surface area contributed by atoms with Gasteiger partial charge in [-0.05, 0) is 29.7 Å². The van der Waals surface area contributed by atoms with Crippen LogP contribution in [0.2, 0.25) is 10.0 Å². The first kappa shape index (κ1) is 23.7. The van der Waals surface area contributed by atoms with Gasteiger partial charge in [0.15, 0.2) is 0 Å². The molecular weight excluding hydrogens is 449 g/mol. The van der Waals surface area contributed by atoms with Crippen LogP contribution in [0.1, 0.15) is 36.0 Å². The summed E-state index contributed by atoms with van der Waals surface area (Å²) in [5.41, 5.74) is 10.9. The number of anilines is 1.